The molecule has 1 aromatic heterocycles. The van der Waals surface area contributed by atoms with Gasteiger partial charge in [0.25, 0.3) is 0 Å². The first-order valence-corrected chi connectivity index (χ1v) is 9.61. The van der Waals surface area contributed by atoms with Crippen LogP contribution in [0.5, 0.6) is 0 Å². The number of rotatable bonds is 2. The number of fused-ring (bicyclic) bond motifs is 4. The molecule has 3 fully saturated rings. The number of methoxy groups -OCH3 is 1. The SMILES string of the molecule is CCC1C[C@@H]2CN3CCc4c([nH]c5ccccc45)C(C(=O)OC)(C2)C13. The maximum absolute atomic E-state index is 13.3. The van der Waals surface area contributed by atoms with Crippen molar-refractivity contribution in [3.63, 3.8) is 0 Å². The number of para-hydroxylation sites is 1. The van der Waals surface area contributed by atoms with Crippen LogP contribution in [0.3, 0.4) is 0 Å². The van der Waals surface area contributed by atoms with Crippen LogP contribution in [0, 0.1) is 11.8 Å². The van der Waals surface area contributed by atoms with Crippen molar-refractivity contribution in [2.75, 3.05) is 20.2 Å². The van der Waals surface area contributed by atoms with Crippen LogP contribution >= 0.6 is 0 Å². The Labute approximate surface area is 148 Å². The van der Waals surface area contributed by atoms with Gasteiger partial charge in [0.2, 0.25) is 0 Å². The third-order valence-corrected chi connectivity index (χ3v) is 7.07. The first kappa shape index (κ1) is 15.4. The fourth-order valence-electron chi connectivity index (χ4n) is 6.27. The van der Waals surface area contributed by atoms with Gasteiger partial charge in [-0.05, 0) is 42.7 Å². The van der Waals surface area contributed by atoms with E-state index in [-0.39, 0.29) is 12.0 Å². The molecule has 3 aliphatic heterocycles. The van der Waals surface area contributed by atoms with E-state index in [2.05, 4.69) is 41.1 Å². The van der Waals surface area contributed by atoms with Crippen LogP contribution in [0.25, 0.3) is 10.9 Å². The Kier molecular flexibility index (Phi) is 3.30. The fourth-order valence-corrected chi connectivity index (χ4v) is 6.27. The summed E-state index contributed by atoms with van der Waals surface area (Å²) in [5.74, 6) is 1.12. The minimum atomic E-state index is -0.526. The van der Waals surface area contributed by atoms with Crippen LogP contribution in [0.2, 0.25) is 0 Å². The minimum Gasteiger partial charge on any atom is -0.468 e. The van der Waals surface area contributed by atoms with Crippen molar-refractivity contribution in [3.8, 4) is 0 Å². The highest BCUT2D eigenvalue weighted by Crippen LogP contribution is 2.55. The number of aromatic nitrogens is 1. The Morgan fingerprint density at radius 1 is 1.40 bits per heavy atom. The molecule has 132 valence electrons. The molecule has 1 aliphatic carbocycles. The highest BCUT2D eigenvalue weighted by molar-refractivity contribution is 5.91. The third-order valence-electron chi connectivity index (χ3n) is 7.07. The summed E-state index contributed by atoms with van der Waals surface area (Å²) in [5.41, 5.74) is 3.11. The maximum atomic E-state index is 13.3. The lowest BCUT2D eigenvalue weighted by Gasteiger charge is -2.57. The summed E-state index contributed by atoms with van der Waals surface area (Å²) >= 11 is 0. The first-order chi connectivity index (χ1) is 12.2. The topological polar surface area (TPSA) is 45.3 Å². The minimum absolute atomic E-state index is 0.0416. The van der Waals surface area contributed by atoms with Gasteiger partial charge in [0, 0.05) is 35.7 Å². The lowest BCUT2D eigenvalue weighted by atomic mass is 9.56. The molecular weight excluding hydrogens is 312 g/mol. The average molecular weight is 338 g/mol. The number of carbonyl (C=O) groups is 1. The van der Waals surface area contributed by atoms with Crippen molar-refractivity contribution in [3.05, 3.63) is 35.5 Å². The van der Waals surface area contributed by atoms with E-state index in [1.807, 2.05) is 0 Å². The highest BCUT2D eigenvalue weighted by Gasteiger charge is 2.62. The molecule has 4 bridgehead atoms. The van der Waals surface area contributed by atoms with E-state index in [1.54, 1.807) is 7.11 Å². The monoisotopic (exact) mass is 338 g/mol. The van der Waals surface area contributed by atoms with Gasteiger partial charge < -0.3 is 9.72 Å². The Hall–Kier alpha value is -1.81. The van der Waals surface area contributed by atoms with Gasteiger partial charge in [-0.3, -0.25) is 9.69 Å². The summed E-state index contributed by atoms with van der Waals surface area (Å²) in [6.45, 7) is 4.46. The van der Waals surface area contributed by atoms with Crippen molar-refractivity contribution < 1.29 is 9.53 Å². The highest BCUT2D eigenvalue weighted by atomic mass is 16.5. The van der Waals surface area contributed by atoms with Crippen LogP contribution in [-0.2, 0) is 21.4 Å². The van der Waals surface area contributed by atoms with Crippen molar-refractivity contribution in [2.45, 2.75) is 44.1 Å². The van der Waals surface area contributed by atoms with Crippen LogP contribution in [0.15, 0.2) is 24.3 Å². The number of carbonyl (C=O) groups excluding carboxylic acids is 1. The number of hydrogen-bond donors (Lipinski definition) is 1. The smallest absolute Gasteiger partial charge is 0.319 e. The van der Waals surface area contributed by atoms with Gasteiger partial charge in [0.1, 0.15) is 5.41 Å². The molecule has 1 saturated carbocycles. The molecule has 5 atom stereocenters. The molecule has 1 aromatic carbocycles. The number of esters is 1. The van der Waals surface area contributed by atoms with E-state index >= 15 is 0 Å². The van der Waals surface area contributed by atoms with Crippen molar-refractivity contribution >= 4 is 16.9 Å². The van der Waals surface area contributed by atoms with Gasteiger partial charge in [-0.2, -0.15) is 0 Å². The molecule has 2 saturated heterocycles. The number of aromatic amines is 1. The van der Waals surface area contributed by atoms with E-state index in [4.69, 9.17) is 4.74 Å². The molecular formula is C21H26N2O2. The molecule has 0 amide bonds. The zero-order valence-corrected chi connectivity index (χ0v) is 15.0. The molecule has 4 nitrogen and oxygen atoms in total. The van der Waals surface area contributed by atoms with Gasteiger partial charge in [-0.15, -0.1) is 0 Å². The lowest BCUT2D eigenvalue weighted by Crippen LogP contribution is -2.67. The maximum Gasteiger partial charge on any atom is 0.319 e. The second-order valence-corrected chi connectivity index (χ2v) is 8.15. The van der Waals surface area contributed by atoms with Crippen LogP contribution in [0.1, 0.15) is 37.4 Å². The number of H-pyrrole nitrogens is 1. The van der Waals surface area contributed by atoms with Gasteiger partial charge >= 0.3 is 5.97 Å². The summed E-state index contributed by atoms with van der Waals surface area (Å²) in [7, 11) is 1.55. The van der Waals surface area contributed by atoms with E-state index in [0.717, 1.165) is 43.6 Å². The summed E-state index contributed by atoms with van der Waals surface area (Å²) in [5, 5.41) is 1.28. The zero-order valence-electron chi connectivity index (χ0n) is 15.0. The standard InChI is InChI=1S/C21H26N2O2/c1-3-14-10-13-11-21(20(24)25-2)18-16(8-9-23(12-13)19(14)21)15-6-4-5-7-17(15)22-18/h4-7,13-14,19,22H,3,8-12H2,1-2H3/t13-,14?,19?,21?/m0/s1. The molecule has 6 rings (SSSR count). The van der Waals surface area contributed by atoms with Crippen LogP contribution in [-0.4, -0.2) is 42.1 Å². The van der Waals surface area contributed by atoms with Gasteiger partial charge in [-0.1, -0.05) is 31.5 Å². The molecule has 4 heteroatoms. The number of nitrogens with zero attached hydrogens (tertiary/aromatic N) is 1. The van der Waals surface area contributed by atoms with E-state index in [9.17, 15) is 4.79 Å². The van der Waals surface area contributed by atoms with Crippen LogP contribution in [0.4, 0.5) is 0 Å². The second-order valence-electron chi connectivity index (χ2n) is 8.15. The molecule has 0 spiro atoms. The average Bonchev–Trinajstić information content (AvgIpc) is 3.00. The normalized spacial score (nSPS) is 36.1. The number of nitrogens with one attached hydrogen (secondary N) is 1. The molecule has 1 N–H and O–H groups in total. The van der Waals surface area contributed by atoms with Gasteiger partial charge in [0.05, 0.1) is 7.11 Å². The quantitative estimate of drug-likeness (QED) is 0.855. The fraction of sp³-hybridized carbons (Fsp3) is 0.571. The van der Waals surface area contributed by atoms with E-state index in [1.165, 1.54) is 17.4 Å². The van der Waals surface area contributed by atoms with Crippen LogP contribution < -0.4 is 0 Å². The van der Waals surface area contributed by atoms with Gasteiger partial charge in [-0.25, -0.2) is 0 Å². The van der Waals surface area contributed by atoms with Gasteiger partial charge in [0.15, 0.2) is 0 Å². The lowest BCUT2D eigenvalue weighted by molar-refractivity contribution is -0.162. The summed E-state index contributed by atoms with van der Waals surface area (Å²) in [6.07, 6.45) is 4.33. The molecule has 25 heavy (non-hydrogen) atoms. The molecule has 2 aromatic rings. The predicted molar refractivity (Wildman–Crippen MR) is 97.6 cm³/mol. The Morgan fingerprint density at radius 2 is 2.24 bits per heavy atom. The predicted octanol–water partition coefficient (Wildman–Crippen LogP) is 3.26. The van der Waals surface area contributed by atoms with Crippen molar-refractivity contribution in [2.24, 2.45) is 11.8 Å². The summed E-state index contributed by atoms with van der Waals surface area (Å²) in [6, 6.07) is 8.75. The number of ether oxygens (including phenoxy) is 1. The summed E-state index contributed by atoms with van der Waals surface area (Å²) < 4.78 is 5.43. The zero-order chi connectivity index (χ0) is 17.2. The Balaban J connectivity index is 1.81. The molecule has 0 radical (unpaired) electrons. The Morgan fingerprint density at radius 3 is 3.04 bits per heavy atom. The molecule has 4 heterocycles. The van der Waals surface area contributed by atoms with Crippen molar-refractivity contribution in [1.82, 2.24) is 9.88 Å². The third kappa shape index (κ3) is 1.89. The first-order valence-electron chi connectivity index (χ1n) is 9.61. The molecule has 4 unspecified atom stereocenters. The molecule has 4 aliphatic rings. The summed E-state index contributed by atoms with van der Waals surface area (Å²) in [4.78, 5) is 19.5. The second kappa shape index (κ2) is 5.34. The largest absolute Gasteiger partial charge is 0.468 e. The number of piperidine rings is 2. The van der Waals surface area contributed by atoms with Crippen molar-refractivity contribution in [1.29, 1.82) is 0 Å². The number of benzene rings is 1. The number of hydrogen-bond acceptors (Lipinski definition) is 3. The Bertz CT molecular complexity index is 842. The van der Waals surface area contributed by atoms with E-state index < -0.39 is 5.41 Å². The van der Waals surface area contributed by atoms with E-state index in [0.29, 0.717) is 11.8 Å².